The number of hydrogen-bond donors (Lipinski definition) is 1. The minimum Gasteiger partial charge on any atom is -0.460 e. The van der Waals surface area contributed by atoms with E-state index >= 15 is 0 Å². The van der Waals surface area contributed by atoms with E-state index in [4.69, 9.17) is 18.9 Å². The molecule has 0 amide bonds. The molecule has 0 aromatic heterocycles. The highest BCUT2D eigenvalue weighted by molar-refractivity contribution is 5.66. The van der Waals surface area contributed by atoms with Crippen molar-refractivity contribution in [2.75, 3.05) is 0 Å². The van der Waals surface area contributed by atoms with Gasteiger partial charge in [0.15, 0.2) is 12.1 Å². The Morgan fingerprint density at radius 2 is 2.00 bits per heavy atom. The van der Waals surface area contributed by atoms with Gasteiger partial charge in [0.05, 0.1) is 0 Å². The van der Waals surface area contributed by atoms with Crippen LogP contribution in [0.3, 0.4) is 0 Å². The monoisotopic (exact) mass is 286 g/mol. The van der Waals surface area contributed by atoms with Gasteiger partial charge < -0.3 is 24.1 Å². The molecule has 1 saturated carbocycles. The first-order valence-electron chi connectivity index (χ1n) is 7.12. The molecule has 2 heterocycles. The van der Waals surface area contributed by atoms with E-state index < -0.39 is 36.0 Å². The van der Waals surface area contributed by atoms with Crippen LogP contribution in [0.2, 0.25) is 0 Å². The Balaban J connectivity index is 1.86. The molecule has 2 aliphatic heterocycles. The normalized spacial score (nSPS) is 49.5. The number of esters is 1. The highest BCUT2D eigenvalue weighted by atomic mass is 16.8. The Bertz CT molecular complexity index is 422. The van der Waals surface area contributed by atoms with Crippen LogP contribution in [0.4, 0.5) is 0 Å². The summed E-state index contributed by atoms with van der Waals surface area (Å²) in [5.41, 5.74) is -1.17. The number of carbonyl (C=O) groups is 1. The summed E-state index contributed by atoms with van der Waals surface area (Å²) in [5.74, 6) is -0.919. The average molecular weight is 286 g/mol. The van der Waals surface area contributed by atoms with Gasteiger partial charge in [0.25, 0.3) is 0 Å². The second-order valence-electron chi connectivity index (χ2n) is 6.67. The van der Waals surface area contributed by atoms with Gasteiger partial charge in [-0.25, -0.2) is 0 Å². The van der Waals surface area contributed by atoms with Crippen molar-refractivity contribution in [2.24, 2.45) is 5.92 Å². The van der Waals surface area contributed by atoms with Crippen LogP contribution in [0.25, 0.3) is 0 Å². The predicted molar refractivity (Wildman–Crippen MR) is 67.6 cm³/mol. The van der Waals surface area contributed by atoms with Gasteiger partial charge in [-0.2, -0.15) is 0 Å². The number of aliphatic hydroxyl groups is 1. The zero-order valence-electron chi connectivity index (χ0n) is 12.3. The Labute approximate surface area is 118 Å². The van der Waals surface area contributed by atoms with Crippen molar-refractivity contribution in [3.05, 3.63) is 0 Å². The fourth-order valence-electron chi connectivity index (χ4n) is 3.72. The summed E-state index contributed by atoms with van der Waals surface area (Å²) >= 11 is 0. The van der Waals surface area contributed by atoms with Gasteiger partial charge in [-0.15, -0.1) is 0 Å². The molecule has 3 fully saturated rings. The lowest BCUT2D eigenvalue weighted by Crippen LogP contribution is -2.58. The standard InChI is InChI=1S/C14H22O6/c1-7-5-9(17-8(2)15)10-14(16,6-7)11-12(18-10)20-13(3,4)19-11/h7,9-12,16H,5-6H2,1-4H3/t7?,9-,10-,11+,12+,14-/m1/s1. The van der Waals surface area contributed by atoms with Crippen LogP contribution < -0.4 is 0 Å². The molecule has 2 saturated heterocycles. The van der Waals surface area contributed by atoms with Crippen LogP contribution in [0.1, 0.15) is 40.5 Å². The van der Waals surface area contributed by atoms with E-state index in [1.165, 1.54) is 6.92 Å². The molecule has 0 aromatic rings. The van der Waals surface area contributed by atoms with Gasteiger partial charge in [0.1, 0.15) is 23.9 Å². The van der Waals surface area contributed by atoms with Crippen molar-refractivity contribution in [3.8, 4) is 0 Å². The summed E-state index contributed by atoms with van der Waals surface area (Å²) in [4.78, 5) is 11.2. The molecule has 0 aromatic carbocycles. The van der Waals surface area contributed by atoms with E-state index in [2.05, 4.69) is 0 Å². The lowest BCUT2D eigenvalue weighted by Gasteiger charge is -2.43. The van der Waals surface area contributed by atoms with Crippen molar-refractivity contribution in [2.45, 2.75) is 76.5 Å². The number of hydrogen-bond acceptors (Lipinski definition) is 6. The first-order chi connectivity index (χ1) is 9.21. The quantitative estimate of drug-likeness (QED) is 0.724. The van der Waals surface area contributed by atoms with Crippen LogP contribution >= 0.6 is 0 Å². The van der Waals surface area contributed by atoms with Crippen molar-refractivity contribution >= 4 is 5.97 Å². The fourth-order valence-corrected chi connectivity index (χ4v) is 3.72. The van der Waals surface area contributed by atoms with Crippen molar-refractivity contribution in [1.82, 2.24) is 0 Å². The van der Waals surface area contributed by atoms with Crippen molar-refractivity contribution in [3.63, 3.8) is 0 Å². The molecule has 1 N–H and O–H groups in total. The third-order valence-corrected chi connectivity index (χ3v) is 4.29. The first kappa shape index (κ1) is 14.3. The minimum atomic E-state index is -1.17. The van der Waals surface area contributed by atoms with E-state index in [1.54, 1.807) is 13.8 Å². The maximum atomic E-state index is 11.2. The molecule has 6 nitrogen and oxygen atoms in total. The predicted octanol–water partition coefficient (Wildman–Crippen LogP) is 0.955. The highest BCUT2D eigenvalue weighted by Gasteiger charge is 2.67. The second kappa shape index (κ2) is 4.40. The van der Waals surface area contributed by atoms with Gasteiger partial charge in [-0.3, -0.25) is 4.79 Å². The SMILES string of the molecule is CC(=O)O[C@@H]1CC(C)C[C@@]2(O)[C@@H]1O[C@H]1OC(C)(C)O[C@@H]12. The molecule has 0 bridgehead atoms. The van der Waals surface area contributed by atoms with Gasteiger partial charge >= 0.3 is 5.97 Å². The number of rotatable bonds is 1. The summed E-state index contributed by atoms with van der Waals surface area (Å²) in [6, 6.07) is 0. The van der Waals surface area contributed by atoms with Crippen LogP contribution in [-0.4, -0.2) is 47.1 Å². The first-order valence-corrected chi connectivity index (χ1v) is 7.12. The average Bonchev–Trinajstić information content (AvgIpc) is 2.70. The number of fused-ring (bicyclic) bond motifs is 3. The largest absolute Gasteiger partial charge is 0.460 e. The zero-order valence-corrected chi connectivity index (χ0v) is 12.3. The lowest BCUT2D eigenvalue weighted by molar-refractivity contribution is -0.255. The Morgan fingerprint density at radius 1 is 1.30 bits per heavy atom. The molecule has 114 valence electrons. The molecule has 3 aliphatic rings. The Morgan fingerprint density at radius 3 is 2.65 bits per heavy atom. The smallest absolute Gasteiger partial charge is 0.302 e. The maximum absolute atomic E-state index is 11.2. The van der Waals surface area contributed by atoms with Crippen LogP contribution in [0, 0.1) is 5.92 Å². The highest BCUT2D eigenvalue weighted by Crippen LogP contribution is 2.50. The summed E-state index contributed by atoms with van der Waals surface area (Å²) in [5, 5.41) is 11.0. The molecule has 0 radical (unpaired) electrons. The van der Waals surface area contributed by atoms with E-state index in [-0.39, 0.29) is 11.9 Å². The Hall–Kier alpha value is -0.690. The summed E-state index contributed by atoms with van der Waals surface area (Å²) in [6.45, 7) is 6.98. The molecule has 6 heteroatoms. The molecule has 3 rings (SSSR count). The van der Waals surface area contributed by atoms with Crippen molar-refractivity contribution < 1.29 is 28.8 Å². The van der Waals surface area contributed by atoms with Crippen LogP contribution in [0.5, 0.6) is 0 Å². The third-order valence-electron chi connectivity index (χ3n) is 4.29. The van der Waals surface area contributed by atoms with Gasteiger partial charge in [-0.1, -0.05) is 6.92 Å². The zero-order chi connectivity index (χ0) is 14.7. The minimum absolute atomic E-state index is 0.218. The van der Waals surface area contributed by atoms with Crippen LogP contribution in [0.15, 0.2) is 0 Å². The summed E-state index contributed by atoms with van der Waals surface area (Å²) < 4.78 is 22.6. The maximum Gasteiger partial charge on any atom is 0.302 e. The van der Waals surface area contributed by atoms with E-state index in [0.717, 1.165) is 0 Å². The van der Waals surface area contributed by atoms with E-state index in [1.807, 2.05) is 6.92 Å². The molecule has 1 unspecified atom stereocenters. The molecular weight excluding hydrogens is 264 g/mol. The number of ether oxygens (including phenoxy) is 4. The van der Waals surface area contributed by atoms with E-state index in [0.29, 0.717) is 12.8 Å². The molecular formula is C14H22O6. The topological polar surface area (TPSA) is 74.2 Å². The molecule has 20 heavy (non-hydrogen) atoms. The van der Waals surface area contributed by atoms with Gasteiger partial charge in [0, 0.05) is 6.92 Å². The summed E-state index contributed by atoms with van der Waals surface area (Å²) in [6.07, 6.45) is -0.964. The lowest BCUT2D eigenvalue weighted by atomic mass is 9.73. The Kier molecular flexibility index (Phi) is 3.14. The van der Waals surface area contributed by atoms with Gasteiger partial charge in [0.2, 0.25) is 0 Å². The molecule has 0 spiro atoms. The second-order valence-corrected chi connectivity index (χ2v) is 6.67. The van der Waals surface area contributed by atoms with Gasteiger partial charge in [-0.05, 0) is 32.6 Å². The molecule has 1 aliphatic carbocycles. The van der Waals surface area contributed by atoms with E-state index in [9.17, 15) is 9.90 Å². The third kappa shape index (κ3) is 2.15. The van der Waals surface area contributed by atoms with Crippen LogP contribution in [-0.2, 0) is 23.7 Å². The number of carbonyl (C=O) groups excluding carboxylic acids is 1. The van der Waals surface area contributed by atoms with Crippen molar-refractivity contribution in [1.29, 1.82) is 0 Å². The summed E-state index contributed by atoms with van der Waals surface area (Å²) in [7, 11) is 0. The molecule has 6 atom stereocenters. The fraction of sp³-hybridized carbons (Fsp3) is 0.929.